The first kappa shape index (κ1) is 10.7. The second-order valence-corrected chi connectivity index (χ2v) is 5.63. The molecule has 1 aliphatic rings. The molecule has 2 aromatic rings. The molecule has 0 bridgehead atoms. The summed E-state index contributed by atoms with van der Waals surface area (Å²) in [6.07, 6.45) is 0. The van der Waals surface area contributed by atoms with Crippen LogP contribution in [0.25, 0.3) is 11.1 Å². The number of hydrogen-bond acceptors (Lipinski definition) is 1. The summed E-state index contributed by atoms with van der Waals surface area (Å²) in [4.78, 5) is 12.6. The van der Waals surface area contributed by atoms with Crippen LogP contribution in [0, 0.1) is 0 Å². The molecule has 1 nitrogen and oxygen atoms in total. The molecule has 0 N–H and O–H groups in total. The van der Waals surface area contributed by atoms with Crippen LogP contribution in [0.3, 0.4) is 0 Å². The van der Waals surface area contributed by atoms with Gasteiger partial charge >= 0.3 is 0 Å². The third kappa shape index (κ3) is 1.48. The fourth-order valence-electron chi connectivity index (χ4n) is 2.43. The smallest absolute Gasteiger partial charge is 0.194 e. The topological polar surface area (TPSA) is 17.1 Å². The lowest BCUT2D eigenvalue weighted by molar-refractivity contribution is 0.104. The lowest BCUT2D eigenvalue weighted by Gasteiger charge is -2.09. The van der Waals surface area contributed by atoms with E-state index >= 15 is 0 Å². The molecule has 0 saturated carbocycles. The Morgan fingerprint density at radius 2 is 1.59 bits per heavy atom. The van der Waals surface area contributed by atoms with Crippen molar-refractivity contribution in [3.63, 3.8) is 0 Å². The molecule has 0 saturated heterocycles. The normalized spacial score (nSPS) is 14.4. The molecule has 0 aromatic heterocycles. The summed E-state index contributed by atoms with van der Waals surface area (Å²) in [5.41, 5.74) is 4.88. The van der Waals surface area contributed by atoms with Crippen LogP contribution in [0.5, 0.6) is 0 Å². The molecule has 2 aromatic carbocycles. The first-order valence-corrected chi connectivity index (χ1v) is 6.53. The van der Waals surface area contributed by atoms with Gasteiger partial charge in [0, 0.05) is 16.0 Å². The van der Waals surface area contributed by atoms with Gasteiger partial charge in [-0.15, -0.1) is 0 Å². The van der Waals surface area contributed by atoms with Crippen LogP contribution in [0.2, 0.25) is 0 Å². The largest absolute Gasteiger partial charge is 0.289 e. The van der Waals surface area contributed by atoms with Crippen molar-refractivity contribution in [3.05, 3.63) is 59.2 Å². The van der Waals surface area contributed by atoms with E-state index in [1.54, 1.807) is 0 Å². The van der Waals surface area contributed by atoms with Gasteiger partial charge in [-0.25, -0.2) is 0 Å². The Balaban J connectivity index is 2.34. The third-order valence-electron chi connectivity index (χ3n) is 3.21. The minimum Gasteiger partial charge on any atom is -0.289 e. The van der Waals surface area contributed by atoms with Crippen LogP contribution in [0.15, 0.2) is 42.5 Å². The van der Waals surface area contributed by atoms with E-state index in [1.807, 2.05) is 49.4 Å². The molecule has 0 heterocycles. The van der Waals surface area contributed by atoms with Crippen molar-refractivity contribution >= 4 is 21.7 Å². The fraction of sp³-hybridized carbons (Fsp3) is 0.133. The number of rotatable bonds is 1. The van der Waals surface area contributed by atoms with Crippen molar-refractivity contribution in [1.82, 2.24) is 0 Å². The first-order valence-electron chi connectivity index (χ1n) is 5.61. The highest BCUT2D eigenvalue weighted by Crippen LogP contribution is 2.40. The first-order chi connectivity index (χ1) is 8.20. The van der Waals surface area contributed by atoms with Crippen molar-refractivity contribution < 1.29 is 4.79 Å². The molecule has 17 heavy (non-hydrogen) atoms. The Labute approximate surface area is 109 Å². The number of ketones is 1. The van der Waals surface area contributed by atoms with E-state index in [4.69, 9.17) is 0 Å². The van der Waals surface area contributed by atoms with Gasteiger partial charge in [0.2, 0.25) is 0 Å². The summed E-state index contributed by atoms with van der Waals surface area (Å²) in [6.45, 7) is 2.05. The van der Waals surface area contributed by atoms with Gasteiger partial charge in [-0.05, 0) is 23.6 Å². The number of carbonyl (C=O) groups is 1. The standard InChI is InChI=1S/C15H11BrO/c1-9(16)10-7-4-8-12-11-5-2-3-6-13(11)15(17)14(10)12/h2-9H,1H3. The Morgan fingerprint density at radius 3 is 2.29 bits per heavy atom. The van der Waals surface area contributed by atoms with Gasteiger partial charge in [-0.2, -0.15) is 0 Å². The van der Waals surface area contributed by atoms with E-state index in [2.05, 4.69) is 15.9 Å². The van der Waals surface area contributed by atoms with Gasteiger partial charge < -0.3 is 0 Å². The summed E-state index contributed by atoms with van der Waals surface area (Å²) in [5.74, 6) is 0.150. The highest BCUT2D eigenvalue weighted by Gasteiger charge is 2.29. The summed E-state index contributed by atoms with van der Waals surface area (Å²) >= 11 is 3.56. The average molecular weight is 287 g/mol. The molecule has 0 fully saturated rings. The summed E-state index contributed by atoms with van der Waals surface area (Å²) in [5, 5.41) is 0. The van der Waals surface area contributed by atoms with Crippen molar-refractivity contribution in [1.29, 1.82) is 0 Å². The van der Waals surface area contributed by atoms with Gasteiger partial charge in [0.25, 0.3) is 0 Å². The summed E-state index contributed by atoms with van der Waals surface area (Å²) in [7, 11) is 0. The minimum atomic E-state index is 0.150. The molecule has 0 radical (unpaired) electrons. The van der Waals surface area contributed by atoms with E-state index in [1.165, 1.54) is 0 Å². The number of alkyl halides is 1. The zero-order valence-corrected chi connectivity index (χ0v) is 11.0. The van der Waals surface area contributed by atoms with E-state index in [0.29, 0.717) is 0 Å². The van der Waals surface area contributed by atoms with Crippen LogP contribution >= 0.6 is 15.9 Å². The Hall–Kier alpha value is -1.41. The van der Waals surface area contributed by atoms with E-state index in [9.17, 15) is 4.79 Å². The number of fused-ring (bicyclic) bond motifs is 3. The SMILES string of the molecule is CC(Br)c1cccc2c1C(=O)c1ccccc1-2. The molecular formula is C15H11BrO. The van der Waals surface area contributed by atoms with E-state index in [0.717, 1.165) is 27.8 Å². The minimum absolute atomic E-state index is 0.150. The second kappa shape index (κ2) is 3.81. The molecule has 0 aliphatic heterocycles. The molecule has 84 valence electrons. The predicted molar refractivity (Wildman–Crippen MR) is 72.7 cm³/mol. The molecular weight excluding hydrogens is 276 g/mol. The molecule has 2 heteroatoms. The third-order valence-corrected chi connectivity index (χ3v) is 3.71. The van der Waals surface area contributed by atoms with Crippen LogP contribution in [-0.2, 0) is 0 Å². The monoisotopic (exact) mass is 286 g/mol. The predicted octanol–water partition coefficient (Wildman–Crippen LogP) is 4.35. The van der Waals surface area contributed by atoms with E-state index in [-0.39, 0.29) is 10.6 Å². The molecule has 1 unspecified atom stereocenters. The lowest BCUT2D eigenvalue weighted by atomic mass is 9.99. The van der Waals surface area contributed by atoms with Crippen molar-refractivity contribution in [2.75, 3.05) is 0 Å². The van der Waals surface area contributed by atoms with Gasteiger partial charge in [0.05, 0.1) is 0 Å². The molecule has 0 amide bonds. The Morgan fingerprint density at radius 1 is 0.941 bits per heavy atom. The maximum Gasteiger partial charge on any atom is 0.194 e. The van der Waals surface area contributed by atoms with Crippen molar-refractivity contribution in [3.8, 4) is 11.1 Å². The highest BCUT2D eigenvalue weighted by atomic mass is 79.9. The molecule has 0 spiro atoms. The Kier molecular flexibility index (Phi) is 2.40. The van der Waals surface area contributed by atoms with Crippen LogP contribution in [0.4, 0.5) is 0 Å². The van der Waals surface area contributed by atoms with E-state index < -0.39 is 0 Å². The maximum absolute atomic E-state index is 12.4. The molecule has 3 rings (SSSR count). The van der Waals surface area contributed by atoms with Crippen molar-refractivity contribution in [2.45, 2.75) is 11.8 Å². The van der Waals surface area contributed by atoms with Crippen LogP contribution in [0.1, 0.15) is 33.2 Å². The highest BCUT2D eigenvalue weighted by molar-refractivity contribution is 9.09. The molecule has 1 aliphatic carbocycles. The van der Waals surface area contributed by atoms with Gasteiger partial charge in [0.1, 0.15) is 0 Å². The number of halogens is 1. The average Bonchev–Trinajstić information content (AvgIpc) is 2.64. The lowest BCUT2D eigenvalue weighted by Crippen LogP contribution is -2.00. The Bertz CT molecular complexity index is 614. The summed E-state index contributed by atoms with van der Waals surface area (Å²) < 4.78 is 0. The quantitative estimate of drug-likeness (QED) is 0.608. The van der Waals surface area contributed by atoms with Gasteiger partial charge in [0.15, 0.2) is 5.78 Å². The maximum atomic E-state index is 12.4. The van der Waals surface area contributed by atoms with Gasteiger partial charge in [-0.1, -0.05) is 58.4 Å². The van der Waals surface area contributed by atoms with Crippen molar-refractivity contribution in [2.24, 2.45) is 0 Å². The summed E-state index contributed by atoms with van der Waals surface area (Å²) in [6, 6.07) is 13.9. The number of hydrogen-bond donors (Lipinski definition) is 0. The van der Waals surface area contributed by atoms with Gasteiger partial charge in [-0.3, -0.25) is 4.79 Å². The van der Waals surface area contributed by atoms with Crippen LogP contribution in [-0.4, -0.2) is 5.78 Å². The zero-order valence-electron chi connectivity index (χ0n) is 9.41. The van der Waals surface area contributed by atoms with Crippen LogP contribution < -0.4 is 0 Å². The second-order valence-electron chi connectivity index (χ2n) is 4.26. The fourth-order valence-corrected chi connectivity index (χ4v) is 2.81. The molecule has 1 atom stereocenters. The number of carbonyl (C=O) groups excluding carboxylic acids is 1. The number of benzene rings is 2. The zero-order chi connectivity index (χ0) is 12.0.